The fraction of sp³-hybridized carbons (Fsp3) is 0.333. The first-order chi connectivity index (χ1) is 2.27. The maximum Gasteiger partial charge on any atom is 0.172 e. The third kappa shape index (κ3) is 3.76. The van der Waals surface area contributed by atoms with Crippen LogP contribution < -0.4 is 0 Å². The minimum absolute atomic E-state index is 0.181. The number of carbonyl (C=O) groups excluding carboxylic acids is 1. The van der Waals surface area contributed by atoms with E-state index in [1.54, 1.807) is 0 Å². The molecule has 0 amide bonds. The zero-order chi connectivity index (χ0) is 4.28. The van der Waals surface area contributed by atoms with Crippen molar-refractivity contribution in [2.24, 2.45) is 0 Å². The molecule has 0 aromatic rings. The molecule has 0 bridgehead atoms. The van der Waals surface area contributed by atoms with Gasteiger partial charge in [0.05, 0.1) is 0 Å². The van der Waals surface area contributed by atoms with Gasteiger partial charge in [-0.25, -0.2) is 0 Å². The summed E-state index contributed by atoms with van der Waals surface area (Å²) >= 11 is 4.08. The third-order valence-corrected chi connectivity index (χ3v) is 0.431. The average molecular weight is 87.1 g/mol. The Morgan fingerprint density at radius 1 is 2.00 bits per heavy atom. The molecule has 0 aliphatic heterocycles. The van der Waals surface area contributed by atoms with Crippen LogP contribution in [0.25, 0.3) is 0 Å². The molecule has 0 rings (SSSR count). The maximum atomic E-state index is 9.60. The van der Waals surface area contributed by atoms with Crippen molar-refractivity contribution >= 4 is 23.4 Å². The molecule has 0 aliphatic rings. The molecule has 1 radical (unpaired) electrons. The molecule has 0 aromatic heterocycles. The van der Waals surface area contributed by atoms with E-state index in [0.29, 0.717) is 0 Å². The molecule has 0 spiro atoms. The maximum absolute atomic E-state index is 9.60. The monoisotopic (exact) mass is 87.0 g/mol. The van der Waals surface area contributed by atoms with Crippen LogP contribution in [0, 0.1) is 0 Å². The van der Waals surface area contributed by atoms with Crippen LogP contribution in [0.5, 0.6) is 0 Å². The predicted octanol–water partition coefficient (Wildman–Crippen LogP) is 0.452. The lowest BCUT2D eigenvalue weighted by atomic mass is 10.5. The summed E-state index contributed by atoms with van der Waals surface area (Å²) in [6, 6.07) is 0. The van der Waals surface area contributed by atoms with Crippen molar-refractivity contribution in [1.82, 2.24) is 0 Å². The summed E-state index contributed by atoms with van der Waals surface area (Å²) < 4.78 is 0. The van der Waals surface area contributed by atoms with Crippen LogP contribution in [0.4, 0.5) is 0 Å². The molecule has 5 heavy (non-hydrogen) atoms. The Hall–Kier alpha value is -0.240. The summed E-state index contributed by atoms with van der Waals surface area (Å²) in [7, 11) is 0. The van der Waals surface area contributed by atoms with Crippen LogP contribution in [0.3, 0.4) is 0 Å². The number of hydrogen-bond acceptors (Lipinski definition) is 2. The van der Waals surface area contributed by atoms with Crippen molar-refractivity contribution in [1.29, 1.82) is 0 Å². The Morgan fingerprint density at radius 2 is 2.20 bits per heavy atom. The number of thiocarbonyl (C=S) groups is 1. The lowest BCUT2D eigenvalue weighted by Crippen LogP contribution is -1.83. The molecule has 0 unspecified atom stereocenters. The zero-order valence-electron chi connectivity index (χ0n) is 2.82. The number of carbonyl (C=O) groups is 1. The van der Waals surface area contributed by atoms with E-state index in [1.807, 2.05) is 5.37 Å². The molecule has 0 fully saturated rings. The van der Waals surface area contributed by atoms with Gasteiger partial charge in [0.2, 0.25) is 0 Å². The van der Waals surface area contributed by atoms with E-state index < -0.39 is 0 Å². The van der Waals surface area contributed by atoms with Crippen LogP contribution >= 0.6 is 12.2 Å². The van der Waals surface area contributed by atoms with Crippen molar-refractivity contribution < 1.29 is 4.79 Å². The van der Waals surface area contributed by atoms with E-state index in [-0.39, 0.29) is 5.78 Å². The minimum Gasteiger partial charge on any atom is -0.294 e. The molecule has 0 aliphatic carbocycles. The summed E-state index contributed by atoms with van der Waals surface area (Å²) in [6.45, 7) is 1.37. The predicted molar refractivity (Wildman–Crippen MR) is 23.3 cm³/mol. The second-order valence-electron chi connectivity index (χ2n) is 0.658. The molecule has 0 saturated carbocycles. The SMILES string of the molecule is CC(=O)[C]=S. The summed E-state index contributed by atoms with van der Waals surface area (Å²) in [5.74, 6) is -0.181. The molecule has 1 nitrogen and oxygen atoms in total. The standard InChI is InChI=1S/C3H3OS/c1-3(4)2-5/h1H3. The van der Waals surface area contributed by atoms with E-state index in [4.69, 9.17) is 0 Å². The van der Waals surface area contributed by atoms with Gasteiger partial charge in [0.15, 0.2) is 5.78 Å². The highest BCUT2D eigenvalue weighted by atomic mass is 32.1. The van der Waals surface area contributed by atoms with Gasteiger partial charge < -0.3 is 0 Å². The second-order valence-corrected chi connectivity index (χ2v) is 0.862. The molecular weight excluding hydrogens is 84.1 g/mol. The molecular formula is C3H3OS. The Morgan fingerprint density at radius 3 is 2.20 bits per heavy atom. The van der Waals surface area contributed by atoms with Crippen molar-refractivity contribution in [3.63, 3.8) is 0 Å². The minimum atomic E-state index is -0.181. The van der Waals surface area contributed by atoms with Crippen LogP contribution in [-0.4, -0.2) is 11.2 Å². The molecule has 0 heterocycles. The average Bonchev–Trinajstić information content (AvgIpc) is 1.38. The first kappa shape index (κ1) is 4.76. The quantitative estimate of drug-likeness (QED) is 0.432. The number of hydrogen-bond donors (Lipinski definition) is 0. The van der Waals surface area contributed by atoms with Crippen LogP contribution in [0.2, 0.25) is 0 Å². The number of Topliss-reactive ketones (excluding diaryl/α,β-unsaturated/α-hetero) is 1. The molecule has 0 aromatic carbocycles. The largest absolute Gasteiger partial charge is 0.294 e. The van der Waals surface area contributed by atoms with Crippen molar-refractivity contribution in [3.8, 4) is 0 Å². The van der Waals surface area contributed by atoms with E-state index in [1.165, 1.54) is 6.92 Å². The van der Waals surface area contributed by atoms with Crippen LogP contribution in [0.15, 0.2) is 0 Å². The van der Waals surface area contributed by atoms with Crippen molar-refractivity contribution in [2.75, 3.05) is 0 Å². The van der Waals surface area contributed by atoms with Gasteiger partial charge in [-0.3, -0.25) is 4.79 Å². The van der Waals surface area contributed by atoms with Gasteiger partial charge in [0.1, 0.15) is 5.37 Å². The third-order valence-electron chi connectivity index (χ3n) is 0.144. The number of rotatable bonds is 1. The van der Waals surface area contributed by atoms with Crippen molar-refractivity contribution in [2.45, 2.75) is 6.92 Å². The fourth-order valence-electron chi connectivity index (χ4n) is 0. The summed E-state index contributed by atoms with van der Waals surface area (Å²) in [4.78, 5) is 9.60. The van der Waals surface area contributed by atoms with Gasteiger partial charge in [-0.2, -0.15) is 0 Å². The highest BCUT2D eigenvalue weighted by Crippen LogP contribution is 1.54. The Labute approximate surface area is 36.0 Å². The molecule has 0 saturated heterocycles. The molecule has 27 valence electrons. The molecule has 0 N–H and O–H groups in total. The summed E-state index contributed by atoms with van der Waals surface area (Å²) in [6.07, 6.45) is 0. The van der Waals surface area contributed by atoms with Gasteiger partial charge in [0, 0.05) is 6.92 Å². The lowest BCUT2D eigenvalue weighted by molar-refractivity contribution is -0.110. The first-order valence-corrected chi connectivity index (χ1v) is 1.57. The summed E-state index contributed by atoms with van der Waals surface area (Å²) in [5, 5.41) is 1.97. The Kier molecular flexibility index (Phi) is 1.93. The van der Waals surface area contributed by atoms with E-state index in [9.17, 15) is 4.79 Å². The van der Waals surface area contributed by atoms with E-state index in [0.717, 1.165) is 0 Å². The zero-order valence-corrected chi connectivity index (χ0v) is 3.63. The van der Waals surface area contributed by atoms with E-state index >= 15 is 0 Å². The van der Waals surface area contributed by atoms with Crippen molar-refractivity contribution in [3.05, 3.63) is 0 Å². The van der Waals surface area contributed by atoms with Crippen LogP contribution in [-0.2, 0) is 4.79 Å². The summed E-state index contributed by atoms with van der Waals surface area (Å²) in [5.41, 5.74) is 0. The second kappa shape index (κ2) is 2.03. The fourth-order valence-corrected chi connectivity index (χ4v) is 0. The van der Waals surface area contributed by atoms with Gasteiger partial charge in [-0.1, -0.05) is 12.2 Å². The highest BCUT2D eigenvalue weighted by molar-refractivity contribution is 7.80. The topological polar surface area (TPSA) is 17.1 Å². The van der Waals surface area contributed by atoms with Gasteiger partial charge in [0.25, 0.3) is 0 Å². The Balaban J connectivity index is 3.20. The lowest BCUT2D eigenvalue weighted by Gasteiger charge is -1.58. The van der Waals surface area contributed by atoms with Crippen LogP contribution in [0.1, 0.15) is 6.92 Å². The van der Waals surface area contributed by atoms with Gasteiger partial charge in [-0.15, -0.1) is 0 Å². The Bertz CT molecular complexity index is 57.9. The van der Waals surface area contributed by atoms with E-state index in [2.05, 4.69) is 12.2 Å². The molecule has 0 atom stereocenters. The normalized spacial score (nSPS) is 6.60. The smallest absolute Gasteiger partial charge is 0.172 e. The van der Waals surface area contributed by atoms with Gasteiger partial charge >= 0.3 is 0 Å². The first-order valence-electron chi connectivity index (χ1n) is 1.16. The highest BCUT2D eigenvalue weighted by Gasteiger charge is 1.73. The van der Waals surface area contributed by atoms with Gasteiger partial charge in [-0.05, 0) is 0 Å². The molecule has 2 heteroatoms. The number of ketones is 1.